The number of carbonyl (C=O) groups excluding carboxylic acids is 1. The third kappa shape index (κ3) is 2.95. The highest BCUT2D eigenvalue weighted by molar-refractivity contribution is 7.90. The molecule has 1 aliphatic rings. The molecule has 1 fully saturated rings. The first-order valence-electron chi connectivity index (χ1n) is 7.85. The molecule has 8 nitrogen and oxygen atoms in total. The van der Waals surface area contributed by atoms with Crippen molar-refractivity contribution in [3.05, 3.63) is 29.8 Å². The van der Waals surface area contributed by atoms with Gasteiger partial charge in [0.2, 0.25) is 0 Å². The average molecular weight is 351 g/mol. The lowest BCUT2D eigenvalue weighted by Crippen LogP contribution is -2.31. The second-order valence-corrected chi connectivity index (χ2v) is 8.40. The molecule has 3 rings (SSSR count). The molecule has 0 bridgehead atoms. The average Bonchev–Trinajstić information content (AvgIpc) is 3.23. The Morgan fingerprint density at radius 1 is 1.42 bits per heavy atom. The third-order valence-electron chi connectivity index (χ3n) is 4.29. The predicted octanol–water partition coefficient (Wildman–Crippen LogP) is 1.22. The number of rotatable bonds is 4. The maximum atomic E-state index is 12.8. The summed E-state index contributed by atoms with van der Waals surface area (Å²) in [5, 5.41) is 10.9. The lowest BCUT2D eigenvalue weighted by atomic mass is 10.1. The predicted molar refractivity (Wildman–Crippen MR) is 87.6 cm³/mol. The lowest BCUT2D eigenvalue weighted by molar-refractivity contribution is 0.0776. The molecule has 24 heavy (non-hydrogen) atoms. The minimum atomic E-state index is -3.34. The van der Waals surface area contributed by atoms with Crippen LogP contribution in [0.2, 0.25) is 0 Å². The molecule has 1 aliphatic heterocycles. The molecule has 0 unspecified atom stereocenters. The Kier molecular flexibility index (Phi) is 4.20. The van der Waals surface area contributed by atoms with E-state index in [2.05, 4.69) is 15.3 Å². The van der Waals surface area contributed by atoms with Crippen LogP contribution in [0, 0.1) is 0 Å². The minimum absolute atomic E-state index is 0.0587. The first-order valence-corrected chi connectivity index (χ1v) is 9.74. The number of H-pyrrole nitrogens is 1. The van der Waals surface area contributed by atoms with Gasteiger partial charge in [-0.1, -0.05) is 0 Å². The van der Waals surface area contributed by atoms with E-state index in [4.69, 9.17) is 0 Å². The van der Waals surface area contributed by atoms with Crippen LogP contribution in [0.5, 0.6) is 0 Å². The van der Waals surface area contributed by atoms with Crippen molar-refractivity contribution in [3.8, 4) is 0 Å². The van der Waals surface area contributed by atoms with Gasteiger partial charge in [-0.25, -0.2) is 8.42 Å². The van der Waals surface area contributed by atoms with Gasteiger partial charge in [-0.15, -0.1) is 0 Å². The number of hydrogen-bond acceptors (Lipinski definition) is 5. The zero-order valence-electron chi connectivity index (χ0n) is 13.9. The lowest BCUT2D eigenvalue weighted by Gasteiger charge is -2.18. The van der Waals surface area contributed by atoms with Crippen LogP contribution >= 0.6 is 0 Å². The largest absolute Gasteiger partial charge is 0.337 e. The number of carbonyl (C=O) groups is 1. The summed E-state index contributed by atoms with van der Waals surface area (Å²) in [4.78, 5) is 14.7. The molecule has 0 radical (unpaired) electrons. The summed E-state index contributed by atoms with van der Waals surface area (Å²) in [6.45, 7) is 4.99. The summed E-state index contributed by atoms with van der Waals surface area (Å²) in [6, 6.07) is 1.81. The van der Waals surface area contributed by atoms with Crippen molar-refractivity contribution in [1.82, 2.24) is 24.9 Å². The maximum absolute atomic E-state index is 12.8. The van der Waals surface area contributed by atoms with Gasteiger partial charge in [-0.2, -0.15) is 10.2 Å². The van der Waals surface area contributed by atoms with Crippen molar-refractivity contribution < 1.29 is 13.2 Å². The fourth-order valence-corrected chi connectivity index (χ4v) is 3.97. The van der Waals surface area contributed by atoms with Crippen LogP contribution in [-0.2, 0) is 9.84 Å². The number of likely N-dealkylation sites (tertiary alicyclic amines) is 1. The van der Waals surface area contributed by atoms with E-state index in [0.717, 1.165) is 0 Å². The van der Waals surface area contributed by atoms with Crippen LogP contribution in [0.1, 0.15) is 48.4 Å². The van der Waals surface area contributed by atoms with Gasteiger partial charge in [0, 0.05) is 37.5 Å². The molecule has 2 aromatic rings. The summed E-state index contributed by atoms with van der Waals surface area (Å²) in [5.74, 6) is -0.138. The van der Waals surface area contributed by atoms with Gasteiger partial charge < -0.3 is 4.90 Å². The molecule has 2 aromatic heterocycles. The van der Waals surface area contributed by atoms with Gasteiger partial charge in [-0.05, 0) is 26.3 Å². The number of nitrogens with one attached hydrogen (secondary N) is 1. The highest BCUT2D eigenvalue weighted by Gasteiger charge is 2.33. The topological polar surface area (TPSA) is 101 Å². The molecule has 0 aliphatic carbocycles. The van der Waals surface area contributed by atoms with Crippen LogP contribution < -0.4 is 0 Å². The first-order chi connectivity index (χ1) is 11.3. The van der Waals surface area contributed by atoms with Crippen LogP contribution in [-0.4, -0.2) is 58.5 Å². The number of aromatic nitrogens is 4. The molecule has 130 valence electrons. The quantitative estimate of drug-likeness (QED) is 0.892. The minimum Gasteiger partial charge on any atom is -0.337 e. The van der Waals surface area contributed by atoms with E-state index in [1.165, 1.54) is 12.5 Å². The fraction of sp³-hybridized carbons (Fsp3) is 0.533. The SMILES string of the molecule is CC(C)n1nccc1C(=O)N1CC[C@H](c2[nH]ncc2S(C)(=O)=O)C1. The van der Waals surface area contributed by atoms with E-state index in [9.17, 15) is 13.2 Å². The van der Waals surface area contributed by atoms with E-state index in [1.807, 2.05) is 13.8 Å². The van der Waals surface area contributed by atoms with Crippen molar-refractivity contribution in [3.63, 3.8) is 0 Å². The van der Waals surface area contributed by atoms with E-state index >= 15 is 0 Å². The Morgan fingerprint density at radius 3 is 2.83 bits per heavy atom. The molecule has 3 heterocycles. The van der Waals surface area contributed by atoms with Gasteiger partial charge >= 0.3 is 0 Å². The molecule has 1 N–H and O–H groups in total. The normalized spacial score (nSPS) is 18.5. The van der Waals surface area contributed by atoms with Crippen LogP contribution in [0.3, 0.4) is 0 Å². The van der Waals surface area contributed by atoms with Crippen molar-refractivity contribution in [2.24, 2.45) is 0 Å². The number of sulfone groups is 1. The molecule has 1 amide bonds. The summed E-state index contributed by atoms with van der Waals surface area (Å²) in [6.07, 6.45) is 4.83. The summed E-state index contributed by atoms with van der Waals surface area (Å²) >= 11 is 0. The zero-order valence-corrected chi connectivity index (χ0v) is 14.7. The zero-order chi connectivity index (χ0) is 17.5. The van der Waals surface area contributed by atoms with Crippen LogP contribution in [0.25, 0.3) is 0 Å². The highest BCUT2D eigenvalue weighted by Crippen LogP contribution is 2.31. The third-order valence-corrected chi connectivity index (χ3v) is 5.42. The van der Waals surface area contributed by atoms with Crippen molar-refractivity contribution >= 4 is 15.7 Å². The van der Waals surface area contributed by atoms with E-state index in [1.54, 1.807) is 21.8 Å². The monoisotopic (exact) mass is 351 g/mol. The Balaban J connectivity index is 1.80. The number of aromatic amines is 1. The molecule has 0 saturated carbocycles. The van der Waals surface area contributed by atoms with Crippen LogP contribution in [0.4, 0.5) is 0 Å². The van der Waals surface area contributed by atoms with Gasteiger partial charge in [0.25, 0.3) is 5.91 Å². The van der Waals surface area contributed by atoms with E-state index in [0.29, 0.717) is 30.9 Å². The molecule has 0 spiro atoms. The summed E-state index contributed by atoms with van der Waals surface area (Å²) in [7, 11) is -3.34. The first kappa shape index (κ1) is 16.7. The molecule has 1 saturated heterocycles. The Bertz CT molecular complexity index is 852. The standard InChI is InChI=1S/C15H21N5O3S/c1-10(2)20-12(4-6-17-20)15(21)19-7-5-11(9-19)14-13(8-16-18-14)24(3,22)23/h4,6,8,10-11H,5,7,9H2,1-3H3,(H,16,18)/t11-/m0/s1. The number of nitrogens with zero attached hydrogens (tertiary/aromatic N) is 4. The van der Waals surface area contributed by atoms with Crippen molar-refractivity contribution in [1.29, 1.82) is 0 Å². The smallest absolute Gasteiger partial charge is 0.272 e. The molecule has 9 heteroatoms. The highest BCUT2D eigenvalue weighted by atomic mass is 32.2. The summed E-state index contributed by atoms with van der Waals surface area (Å²) in [5.41, 5.74) is 1.14. The molecular weight excluding hydrogens is 330 g/mol. The number of hydrogen-bond donors (Lipinski definition) is 1. The van der Waals surface area contributed by atoms with Crippen molar-refractivity contribution in [2.45, 2.75) is 37.1 Å². The Labute approximate surface area is 140 Å². The fourth-order valence-electron chi connectivity index (χ4n) is 3.11. The van der Waals surface area contributed by atoms with E-state index < -0.39 is 9.84 Å². The van der Waals surface area contributed by atoms with Gasteiger partial charge in [0.05, 0.1) is 11.9 Å². The Morgan fingerprint density at radius 2 is 2.17 bits per heavy atom. The van der Waals surface area contributed by atoms with Crippen LogP contribution in [0.15, 0.2) is 23.4 Å². The van der Waals surface area contributed by atoms with Gasteiger partial charge in [-0.3, -0.25) is 14.6 Å². The molecular formula is C15H21N5O3S. The summed E-state index contributed by atoms with van der Waals surface area (Å²) < 4.78 is 25.4. The van der Waals surface area contributed by atoms with Gasteiger partial charge in [0.1, 0.15) is 10.6 Å². The second kappa shape index (κ2) is 6.04. The van der Waals surface area contributed by atoms with E-state index in [-0.39, 0.29) is 22.8 Å². The molecule has 0 aromatic carbocycles. The molecule has 1 atom stereocenters. The number of amides is 1. The van der Waals surface area contributed by atoms with Crippen molar-refractivity contribution in [2.75, 3.05) is 19.3 Å². The Hall–Kier alpha value is -2.16. The maximum Gasteiger partial charge on any atom is 0.272 e. The second-order valence-electron chi connectivity index (χ2n) is 6.41. The van der Waals surface area contributed by atoms with Gasteiger partial charge in [0.15, 0.2) is 9.84 Å².